The van der Waals surface area contributed by atoms with Gasteiger partial charge in [0.1, 0.15) is 0 Å². The third-order valence-electron chi connectivity index (χ3n) is 5.41. The molecule has 2 aromatic rings. The van der Waals surface area contributed by atoms with E-state index in [1.54, 1.807) is 11.1 Å². The van der Waals surface area contributed by atoms with Crippen molar-refractivity contribution in [2.24, 2.45) is 0 Å². The van der Waals surface area contributed by atoms with Gasteiger partial charge in [0.15, 0.2) is 0 Å². The molecule has 30 heavy (non-hydrogen) atoms. The standard InChI is InChI=1S/C21H29N5O4/c1-24(12-6-17-5-2-3-10-22-17)15-21(30)9-4-11-26(16-21)19(28)8-14-25-13-7-18(27)23-20(25)29/h2-3,5,7,10,13,30H,4,6,8-9,11-12,14-16H2,1H3,(H,23,27,29). The van der Waals surface area contributed by atoms with Crippen molar-refractivity contribution < 1.29 is 9.90 Å². The van der Waals surface area contributed by atoms with Crippen LogP contribution in [0.15, 0.2) is 46.2 Å². The first-order valence-corrected chi connectivity index (χ1v) is 10.2. The predicted molar refractivity (Wildman–Crippen MR) is 112 cm³/mol. The Balaban J connectivity index is 1.50. The van der Waals surface area contributed by atoms with E-state index in [1.807, 2.05) is 25.2 Å². The maximum absolute atomic E-state index is 12.6. The van der Waals surface area contributed by atoms with Crippen LogP contribution < -0.4 is 11.2 Å². The van der Waals surface area contributed by atoms with Crippen LogP contribution in [0.4, 0.5) is 0 Å². The molecule has 1 unspecified atom stereocenters. The average Bonchev–Trinajstić information content (AvgIpc) is 2.72. The molecule has 2 aromatic heterocycles. The number of carbonyl (C=O) groups excluding carboxylic acids is 1. The number of likely N-dealkylation sites (N-methyl/N-ethyl adjacent to an activating group) is 1. The Hall–Kier alpha value is -2.78. The lowest BCUT2D eigenvalue weighted by molar-refractivity contribution is -0.139. The number of aliphatic hydroxyl groups is 1. The Labute approximate surface area is 175 Å². The van der Waals surface area contributed by atoms with E-state index < -0.39 is 16.9 Å². The van der Waals surface area contributed by atoms with Crippen LogP contribution in [0, 0.1) is 0 Å². The molecule has 2 N–H and O–H groups in total. The molecule has 9 nitrogen and oxygen atoms in total. The highest BCUT2D eigenvalue weighted by Gasteiger charge is 2.35. The summed E-state index contributed by atoms with van der Waals surface area (Å²) in [7, 11) is 1.96. The predicted octanol–water partition coefficient (Wildman–Crippen LogP) is -0.150. The molecule has 0 radical (unpaired) electrons. The summed E-state index contributed by atoms with van der Waals surface area (Å²) in [6, 6.07) is 7.09. The van der Waals surface area contributed by atoms with E-state index in [-0.39, 0.29) is 25.4 Å². The van der Waals surface area contributed by atoms with Gasteiger partial charge in [0.2, 0.25) is 5.91 Å². The maximum atomic E-state index is 12.6. The Morgan fingerprint density at radius 1 is 1.33 bits per heavy atom. The SMILES string of the molecule is CN(CCc1ccccn1)CC1(O)CCCN(C(=O)CCn2ccc(=O)[nH]c2=O)C1. The molecular weight excluding hydrogens is 386 g/mol. The minimum absolute atomic E-state index is 0.109. The number of piperidine rings is 1. The zero-order chi connectivity index (χ0) is 21.6. The van der Waals surface area contributed by atoms with E-state index in [9.17, 15) is 19.5 Å². The molecule has 0 spiro atoms. The van der Waals surface area contributed by atoms with Gasteiger partial charge in [-0.1, -0.05) is 6.07 Å². The summed E-state index contributed by atoms with van der Waals surface area (Å²) in [6.07, 6.45) is 5.47. The number of pyridine rings is 1. The Bertz CT molecular complexity index is 958. The van der Waals surface area contributed by atoms with Crippen LogP contribution in [0.3, 0.4) is 0 Å². The second-order valence-corrected chi connectivity index (χ2v) is 8.01. The monoisotopic (exact) mass is 415 g/mol. The summed E-state index contributed by atoms with van der Waals surface area (Å²) in [4.78, 5) is 45.8. The fraction of sp³-hybridized carbons (Fsp3) is 0.524. The summed E-state index contributed by atoms with van der Waals surface area (Å²) in [5, 5.41) is 11.1. The van der Waals surface area contributed by atoms with E-state index in [0.717, 1.165) is 25.1 Å². The molecule has 9 heteroatoms. The van der Waals surface area contributed by atoms with Crippen LogP contribution in [0.2, 0.25) is 0 Å². The number of aromatic nitrogens is 3. The number of aromatic amines is 1. The van der Waals surface area contributed by atoms with Gasteiger partial charge in [0.25, 0.3) is 5.56 Å². The van der Waals surface area contributed by atoms with Crippen LogP contribution >= 0.6 is 0 Å². The summed E-state index contributed by atoms with van der Waals surface area (Å²) in [5.41, 5.74) is -0.938. The van der Waals surface area contributed by atoms with Crippen molar-refractivity contribution >= 4 is 5.91 Å². The fourth-order valence-electron chi connectivity index (χ4n) is 3.88. The highest BCUT2D eigenvalue weighted by molar-refractivity contribution is 5.76. The largest absolute Gasteiger partial charge is 0.387 e. The second kappa shape index (κ2) is 9.82. The minimum Gasteiger partial charge on any atom is -0.387 e. The number of aryl methyl sites for hydroxylation is 1. The number of amides is 1. The second-order valence-electron chi connectivity index (χ2n) is 8.01. The molecule has 1 amide bonds. The molecule has 0 saturated carbocycles. The van der Waals surface area contributed by atoms with Crippen molar-refractivity contribution in [3.8, 4) is 0 Å². The van der Waals surface area contributed by atoms with Crippen molar-refractivity contribution in [1.29, 1.82) is 0 Å². The molecule has 3 rings (SSSR count). The molecule has 162 valence electrons. The number of hydrogen-bond acceptors (Lipinski definition) is 6. The first kappa shape index (κ1) is 21.9. The summed E-state index contributed by atoms with van der Waals surface area (Å²) < 4.78 is 1.31. The van der Waals surface area contributed by atoms with Gasteiger partial charge in [-0.2, -0.15) is 0 Å². The van der Waals surface area contributed by atoms with Gasteiger partial charge >= 0.3 is 5.69 Å². The number of likely N-dealkylation sites (tertiary alicyclic amines) is 1. The van der Waals surface area contributed by atoms with Crippen molar-refractivity contribution in [3.63, 3.8) is 0 Å². The Morgan fingerprint density at radius 3 is 2.90 bits per heavy atom. The molecule has 1 aliphatic rings. The van der Waals surface area contributed by atoms with Crippen molar-refractivity contribution in [3.05, 3.63) is 63.2 Å². The maximum Gasteiger partial charge on any atom is 0.328 e. The normalized spacial score (nSPS) is 19.2. The molecule has 1 fully saturated rings. The smallest absolute Gasteiger partial charge is 0.328 e. The van der Waals surface area contributed by atoms with Crippen molar-refractivity contribution in [2.75, 3.05) is 33.2 Å². The highest BCUT2D eigenvalue weighted by atomic mass is 16.3. The first-order chi connectivity index (χ1) is 14.3. The fourth-order valence-corrected chi connectivity index (χ4v) is 3.88. The topological polar surface area (TPSA) is 112 Å². The van der Waals surface area contributed by atoms with Crippen LogP contribution in [0.5, 0.6) is 0 Å². The molecule has 1 aliphatic heterocycles. The number of hydrogen-bond donors (Lipinski definition) is 2. The van der Waals surface area contributed by atoms with Crippen molar-refractivity contribution in [2.45, 2.75) is 37.8 Å². The molecule has 0 aliphatic carbocycles. The van der Waals surface area contributed by atoms with Gasteiger partial charge in [-0.05, 0) is 32.0 Å². The van der Waals surface area contributed by atoms with Crippen molar-refractivity contribution in [1.82, 2.24) is 24.3 Å². The quantitative estimate of drug-likeness (QED) is 0.620. The molecular formula is C21H29N5O4. The third-order valence-corrected chi connectivity index (χ3v) is 5.41. The zero-order valence-corrected chi connectivity index (χ0v) is 17.3. The average molecular weight is 415 g/mol. The highest BCUT2D eigenvalue weighted by Crippen LogP contribution is 2.23. The van der Waals surface area contributed by atoms with E-state index in [1.165, 1.54) is 16.8 Å². The Morgan fingerprint density at radius 2 is 2.17 bits per heavy atom. The summed E-state index contributed by atoms with van der Waals surface area (Å²) in [6.45, 7) is 2.30. The molecule has 1 atom stereocenters. The molecule has 0 aromatic carbocycles. The summed E-state index contributed by atoms with van der Waals surface area (Å²) in [5.74, 6) is -0.109. The minimum atomic E-state index is -0.957. The molecule has 3 heterocycles. The first-order valence-electron chi connectivity index (χ1n) is 10.2. The summed E-state index contributed by atoms with van der Waals surface area (Å²) >= 11 is 0. The van der Waals surface area contributed by atoms with E-state index >= 15 is 0 Å². The van der Waals surface area contributed by atoms with Gasteiger partial charge in [0.05, 0.1) is 12.1 Å². The lowest BCUT2D eigenvalue weighted by Crippen LogP contribution is -2.55. The van der Waals surface area contributed by atoms with Gasteiger partial charge < -0.3 is 19.5 Å². The van der Waals surface area contributed by atoms with Gasteiger partial charge in [-0.15, -0.1) is 0 Å². The molecule has 1 saturated heterocycles. The van der Waals surface area contributed by atoms with E-state index in [2.05, 4.69) is 14.9 Å². The Kier molecular flexibility index (Phi) is 7.17. The number of β-amino-alcohol motifs (C(OH)–C–C–N with tert-alkyl or cyclic N) is 1. The van der Waals surface area contributed by atoms with Crippen LogP contribution in [-0.4, -0.2) is 74.2 Å². The lowest BCUT2D eigenvalue weighted by atomic mass is 9.92. The third kappa shape index (κ3) is 6.11. The lowest BCUT2D eigenvalue weighted by Gasteiger charge is -2.41. The van der Waals surface area contributed by atoms with Gasteiger partial charge in [-0.3, -0.25) is 19.6 Å². The number of H-pyrrole nitrogens is 1. The van der Waals surface area contributed by atoms with Crippen LogP contribution in [0.1, 0.15) is 25.0 Å². The number of carbonyl (C=O) groups is 1. The van der Waals surface area contributed by atoms with Gasteiger partial charge in [-0.25, -0.2) is 4.79 Å². The molecule has 0 bridgehead atoms. The number of rotatable bonds is 8. The van der Waals surface area contributed by atoms with Crippen LogP contribution in [-0.2, 0) is 17.8 Å². The van der Waals surface area contributed by atoms with Crippen LogP contribution in [0.25, 0.3) is 0 Å². The van der Waals surface area contributed by atoms with E-state index in [4.69, 9.17) is 0 Å². The van der Waals surface area contributed by atoms with Gasteiger partial charge in [0, 0.05) is 63.2 Å². The zero-order valence-electron chi connectivity index (χ0n) is 17.3. The number of nitrogens with one attached hydrogen (secondary N) is 1. The van der Waals surface area contributed by atoms with E-state index in [0.29, 0.717) is 19.5 Å². The number of nitrogens with zero attached hydrogens (tertiary/aromatic N) is 4.